The van der Waals surface area contributed by atoms with Crippen molar-refractivity contribution >= 4 is 6.09 Å². The number of nitrogens with one attached hydrogen (secondary N) is 1. The van der Waals surface area contributed by atoms with Crippen molar-refractivity contribution in [2.75, 3.05) is 19.7 Å². The molecule has 1 aromatic rings. The van der Waals surface area contributed by atoms with Crippen LogP contribution in [-0.2, 0) is 11.3 Å². The third kappa shape index (κ3) is 5.22. The van der Waals surface area contributed by atoms with Crippen molar-refractivity contribution in [2.45, 2.75) is 51.3 Å². The lowest BCUT2D eigenvalue weighted by atomic mass is 9.89. The van der Waals surface area contributed by atoms with Gasteiger partial charge in [-0.1, -0.05) is 43.2 Å². The van der Waals surface area contributed by atoms with Crippen LogP contribution in [-0.4, -0.2) is 47.9 Å². The van der Waals surface area contributed by atoms with E-state index in [1.807, 2.05) is 42.2 Å². The Balaban J connectivity index is 1.94. The zero-order chi connectivity index (χ0) is 16.5. The SMILES string of the molecule is CCN(C(=O)OCc1ccccc1)[C@H]1CCCC[C@H]1NCCO. The summed E-state index contributed by atoms with van der Waals surface area (Å²) in [6.07, 6.45) is 4.06. The molecular weight excluding hydrogens is 292 g/mol. The highest BCUT2D eigenvalue weighted by molar-refractivity contribution is 5.68. The molecule has 5 nitrogen and oxygen atoms in total. The van der Waals surface area contributed by atoms with E-state index in [0.717, 1.165) is 31.2 Å². The van der Waals surface area contributed by atoms with Gasteiger partial charge >= 0.3 is 6.09 Å². The van der Waals surface area contributed by atoms with E-state index in [4.69, 9.17) is 9.84 Å². The first-order chi connectivity index (χ1) is 11.3. The van der Waals surface area contributed by atoms with Crippen molar-refractivity contribution in [2.24, 2.45) is 0 Å². The number of hydrogen-bond acceptors (Lipinski definition) is 4. The Morgan fingerprint density at radius 3 is 2.74 bits per heavy atom. The fourth-order valence-electron chi connectivity index (χ4n) is 3.27. The molecular formula is C18H28N2O3. The maximum absolute atomic E-state index is 12.5. The smallest absolute Gasteiger partial charge is 0.410 e. The number of rotatable bonds is 7. The molecule has 0 heterocycles. The summed E-state index contributed by atoms with van der Waals surface area (Å²) >= 11 is 0. The fourth-order valence-corrected chi connectivity index (χ4v) is 3.27. The van der Waals surface area contributed by atoms with Crippen LogP contribution in [0.2, 0.25) is 0 Å². The summed E-state index contributed by atoms with van der Waals surface area (Å²) in [7, 11) is 0. The lowest BCUT2D eigenvalue weighted by molar-refractivity contribution is 0.0639. The van der Waals surface area contributed by atoms with E-state index in [-0.39, 0.29) is 24.8 Å². The zero-order valence-electron chi connectivity index (χ0n) is 13.9. The summed E-state index contributed by atoms with van der Waals surface area (Å²) in [5, 5.41) is 12.4. The second-order valence-corrected chi connectivity index (χ2v) is 5.96. The number of ether oxygens (including phenoxy) is 1. The molecule has 0 bridgehead atoms. The molecule has 128 valence electrons. The third-order valence-electron chi connectivity index (χ3n) is 4.43. The molecule has 23 heavy (non-hydrogen) atoms. The van der Waals surface area contributed by atoms with Gasteiger partial charge in [-0.05, 0) is 25.3 Å². The van der Waals surface area contributed by atoms with Gasteiger partial charge in [0.25, 0.3) is 0 Å². The standard InChI is InChI=1S/C18H28N2O3/c1-2-20(17-11-7-6-10-16(17)19-12-13-21)18(22)23-14-15-8-4-3-5-9-15/h3-5,8-9,16-17,19,21H,2,6-7,10-14H2,1H3/t16-,17+/m1/s1. The number of likely N-dealkylation sites (N-methyl/N-ethyl adjacent to an activating group) is 1. The molecule has 1 fully saturated rings. The summed E-state index contributed by atoms with van der Waals surface area (Å²) < 4.78 is 5.50. The number of carbonyl (C=O) groups excluding carboxylic acids is 1. The number of aliphatic hydroxyl groups is 1. The maximum atomic E-state index is 12.5. The molecule has 1 amide bonds. The highest BCUT2D eigenvalue weighted by Crippen LogP contribution is 2.24. The number of hydrogen-bond donors (Lipinski definition) is 2. The van der Waals surface area contributed by atoms with Crippen molar-refractivity contribution in [1.82, 2.24) is 10.2 Å². The quantitative estimate of drug-likeness (QED) is 0.810. The molecule has 5 heteroatoms. The highest BCUT2D eigenvalue weighted by atomic mass is 16.6. The number of carbonyl (C=O) groups is 1. The topological polar surface area (TPSA) is 61.8 Å². The van der Waals surface area contributed by atoms with Crippen LogP contribution >= 0.6 is 0 Å². The largest absolute Gasteiger partial charge is 0.445 e. The van der Waals surface area contributed by atoms with Gasteiger partial charge in [-0.15, -0.1) is 0 Å². The zero-order valence-corrected chi connectivity index (χ0v) is 13.9. The first-order valence-electron chi connectivity index (χ1n) is 8.57. The van der Waals surface area contributed by atoms with Gasteiger partial charge in [-0.3, -0.25) is 0 Å². The minimum atomic E-state index is -0.251. The van der Waals surface area contributed by atoms with E-state index in [9.17, 15) is 4.79 Å². The number of benzene rings is 1. The van der Waals surface area contributed by atoms with Crippen molar-refractivity contribution in [3.05, 3.63) is 35.9 Å². The summed E-state index contributed by atoms with van der Waals surface area (Å²) in [5.74, 6) is 0. The summed E-state index contributed by atoms with van der Waals surface area (Å²) in [6, 6.07) is 10.1. The van der Waals surface area contributed by atoms with Gasteiger partial charge < -0.3 is 20.1 Å². The number of aliphatic hydroxyl groups excluding tert-OH is 1. The van der Waals surface area contributed by atoms with Gasteiger partial charge in [-0.2, -0.15) is 0 Å². The van der Waals surface area contributed by atoms with E-state index in [1.165, 1.54) is 0 Å². The van der Waals surface area contributed by atoms with Gasteiger partial charge in [-0.25, -0.2) is 4.79 Å². The van der Waals surface area contributed by atoms with Crippen LogP contribution in [0.25, 0.3) is 0 Å². The van der Waals surface area contributed by atoms with E-state index in [0.29, 0.717) is 19.7 Å². The maximum Gasteiger partial charge on any atom is 0.410 e. The molecule has 0 saturated heterocycles. The Morgan fingerprint density at radius 1 is 1.30 bits per heavy atom. The Labute approximate surface area is 138 Å². The van der Waals surface area contributed by atoms with Crippen molar-refractivity contribution in [1.29, 1.82) is 0 Å². The minimum absolute atomic E-state index is 0.119. The summed E-state index contributed by atoms with van der Waals surface area (Å²) in [5.41, 5.74) is 0.996. The number of amides is 1. The summed E-state index contributed by atoms with van der Waals surface area (Å²) in [4.78, 5) is 14.3. The average Bonchev–Trinajstić information content (AvgIpc) is 2.60. The van der Waals surface area contributed by atoms with Gasteiger partial charge in [0.15, 0.2) is 0 Å². The predicted molar refractivity (Wildman–Crippen MR) is 90.1 cm³/mol. The van der Waals surface area contributed by atoms with E-state index >= 15 is 0 Å². The van der Waals surface area contributed by atoms with Crippen LogP contribution in [0.15, 0.2) is 30.3 Å². The second-order valence-electron chi connectivity index (χ2n) is 5.96. The number of nitrogens with zero attached hydrogens (tertiary/aromatic N) is 1. The van der Waals surface area contributed by atoms with Gasteiger partial charge in [0.05, 0.1) is 12.6 Å². The summed E-state index contributed by atoms with van der Waals surface area (Å²) in [6.45, 7) is 3.61. The van der Waals surface area contributed by atoms with E-state index in [1.54, 1.807) is 0 Å². The molecule has 2 N–H and O–H groups in total. The Morgan fingerprint density at radius 2 is 2.04 bits per heavy atom. The molecule has 0 aromatic heterocycles. The van der Waals surface area contributed by atoms with Crippen LogP contribution in [0.1, 0.15) is 38.2 Å². The minimum Gasteiger partial charge on any atom is -0.445 e. The molecule has 1 aromatic carbocycles. The fraction of sp³-hybridized carbons (Fsp3) is 0.611. The molecule has 0 unspecified atom stereocenters. The van der Waals surface area contributed by atoms with E-state index in [2.05, 4.69) is 5.32 Å². The Bertz CT molecular complexity index is 467. The molecule has 1 saturated carbocycles. The van der Waals surface area contributed by atoms with Gasteiger partial charge in [0, 0.05) is 19.1 Å². The first-order valence-corrected chi connectivity index (χ1v) is 8.57. The van der Waals surface area contributed by atoms with Crippen LogP contribution in [0, 0.1) is 0 Å². The van der Waals surface area contributed by atoms with Crippen LogP contribution in [0.3, 0.4) is 0 Å². The predicted octanol–water partition coefficient (Wildman–Crippen LogP) is 2.54. The van der Waals surface area contributed by atoms with Crippen molar-refractivity contribution < 1.29 is 14.6 Å². The molecule has 1 aliphatic rings. The van der Waals surface area contributed by atoms with Crippen molar-refractivity contribution in [3.63, 3.8) is 0 Å². The van der Waals surface area contributed by atoms with Crippen LogP contribution in [0.4, 0.5) is 4.79 Å². The Kier molecular flexibility index (Phi) is 7.36. The first kappa shape index (κ1) is 17.8. The lowest BCUT2D eigenvalue weighted by Crippen LogP contribution is -2.54. The average molecular weight is 320 g/mol. The molecule has 2 atom stereocenters. The van der Waals surface area contributed by atoms with Gasteiger partial charge in [0.1, 0.15) is 6.61 Å². The van der Waals surface area contributed by atoms with E-state index < -0.39 is 0 Å². The monoisotopic (exact) mass is 320 g/mol. The van der Waals surface area contributed by atoms with Crippen LogP contribution < -0.4 is 5.32 Å². The molecule has 1 aliphatic carbocycles. The molecule has 0 spiro atoms. The molecule has 0 aliphatic heterocycles. The second kappa shape index (κ2) is 9.53. The van der Waals surface area contributed by atoms with Gasteiger partial charge in [0.2, 0.25) is 0 Å². The molecule has 2 rings (SSSR count). The third-order valence-corrected chi connectivity index (χ3v) is 4.43. The Hall–Kier alpha value is -1.59. The molecule has 0 radical (unpaired) electrons. The normalized spacial score (nSPS) is 21.0. The lowest BCUT2D eigenvalue weighted by Gasteiger charge is -2.39. The van der Waals surface area contributed by atoms with Crippen LogP contribution in [0.5, 0.6) is 0 Å². The van der Waals surface area contributed by atoms with Crippen molar-refractivity contribution in [3.8, 4) is 0 Å². The highest BCUT2D eigenvalue weighted by Gasteiger charge is 2.32.